The van der Waals surface area contributed by atoms with Gasteiger partial charge in [-0.15, -0.1) is 0 Å². The van der Waals surface area contributed by atoms with E-state index in [1.165, 1.54) is 12.1 Å². The number of carbonyl (C=O) groups excluding carboxylic acids is 2. The molecular formula is C26H13Cl4F10N3O2. The van der Waals surface area contributed by atoms with Crippen molar-refractivity contribution in [2.45, 2.75) is 12.4 Å². The maximum absolute atomic E-state index is 13.5. The van der Waals surface area contributed by atoms with Gasteiger partial charge in [-0.05, 0) is 48.6 Å². The number of halogens is 14. The summed E-state index contributed by atoms with van der Waals surface area (Å²) >= 11 is 22.7. The molecule has 45 heavy (non-hydrogen) atoms. The highest BCUT2D eigenvalue weighted by atomic mass is 35.5. The van der Waals surface area contributed by atoms with Crippen molar-refractivity contribution < 1.29 is 53.5 Å². The lowest BCUT2D eigenvalue weighted by Crippen LogP contribution is -2.35. The third-order valence-corrected chi connectivity index (χ3v) is 6.19. The van der Waals surface area contributed by atoms with Crippen LogP contribution in [0.4, 0.5) is 60.1 Å². The van der Waals surface area contributed by atoms with E-state index < -0.39 is 68.8 Å². The second-order valence-electron chi connectivity index (χ2n) is 8.24. The number of benzene rings is 3. The number of alkyl halides is 6. The number of hydrogen-bond acceptors (Lipinski definition) is 3. The third kappa shape index (κ3) is 10.7. The topological polar surface area (TPSA) is 84.2 Å². The minimum absolute atomic E-state index is 0.0685. The summed E-state index contributed by atoms with van der Waals surface area (Å²) in [7, 11) is 0. The van der Waals surface area contributed by atoms with Crippen LogP contribution in [0.15, 0.2) is 54.1 Å². The normalized spacial score (nSPS) is 12.3. The number of hydrogen-bond donors (Lipinski definition) is 3. The summed E-state index contributed by atoms with van der Waals surface area (Å²) in [6.07, 6.45) is -10.0. The van der Waals surface area contributed by atoms with Gasteiger partial charge in [0.25, 0.3) is 5.91 Å². The molecule has 5 nitrogen and oxygen atoms in total. The van der Waals surface area contributed by atoms with Gasteiger partial charge in [-0.2, -0.15) is 26.3 Å². The summed E-state index contributed by atoms with van der Waals surface area (Å²) in [5, 5.41) is 2.52. The van der Waals surface area contributed by atoms with E-state index in [0.717, 1.165) is 30.3 Å². The standard InChI is InChI=1S/C17H8Cl2F6N2O2.C9H5Cl2F4N/c18-9-4-7(5-10(19)8(9)6-13(22)17(23,24)25)26-16(29)27-15(28)14-11(20)2-1-3-12(14)21;10-6-1-4(16)2-7(11)5(6)3-8(12)9(13,14)15/h1-6H,(H2,26,27,28,29);1-3H,16H2. The van der Waals surface area contributed by atoms with E-state index in [1.807, 2.05) is 0 Å². The number of allylic oxidation sites excluding steroid dienone is 2. The Labute approximate surface area is 266 Å². The number of urea groups is 1. The van der Waals surface area contributed by atoms with Crippen molar-refractivity contribution in [3.63, 3.8) is 0 Å². The molecule has 0 heterocycles. The van der Waals surface area contributed by atoms with E-state index in [4.69, 9.17) is 52.1 Å². The van der Waals surface area contributed by atoms with Gasteiger partial charge in [0, 0.05) is 22.5 Å². The fourth-order valence-corrected chi connectivity index (χ4v) is 4.21. The summed E-state index contributed by atoms with van der Waals surface area (Å²) in [5.41, 5.74) is 3.57. The number of rotatable bonds is 4. The molecule has 3 amide bonds. The molecule has 0 aromatic heterocycles. The second-order valence-corrected chi connectivity index (χ2v) is 9.87. The van der Waals surface area contributed by atoms with Gasteiger partial charge >= 0.3 is 18.4 Å². The summed E-state index contributed by atoms with van der Waals surface area (Å²) in [6, 6.07) is 5.61. The fourth-order valence-electron chi connectivity index (χ4n) is 3.00. The number of nitrogen functional groups attached to an aromatic ring is 1. The zero-order valence-corrected chi connectivity index (χ0v) is 24.4. The van der Waals surface area contributed by atoms with E-state index in [-0.39, 0.29) is 39.1 Å². The average molecular weight is 731 g/mol. The van der Waals surface area contributed by atoms with Gasteiger partial charge in [0.15, 0.2) is 0 Å². The zero-order valence-electron chi connectivity index (χ0n) is 21.4. The third-order valence-electron chi connectivity index (χ3n) is 4.94. The number of nitrogens with two attached hydrogens (primary N) is 1. The summed E-state index contributed by atoms with van der Waals surface area (Å²) in [6.45, 7) is 0. The first-order chi connectivity index (χ1) is 20.6. The molecule has 0 spiro atoms. The molecule has 0 radical (unpaired) electrons. The minimum Gasteiger partial charge on any atom is -0.399 e. The SMILES string of the molecule is Nc1cc(Cl)c(C=C(F)C(F)(F)F)c(Cl)c1.O=C(NC(=O)c1c(F)cccc1F)Nc1cc(Cl)c(C=C(F)C(F)(F)F)c(Cl)c1. The molecule has 4 N–H and O–H groups in total. The second kappa shape index (κ2) is 15.1. The molecule has 0 atom stereocenters. The molecular weight excluding hydrogens is 718 g/mol. The van der Waals surface area contributed by atoms with Crippen molar-refractivity contribution in [1.82, 2.24) is 5.32 Å². The van der Waals surface area contributed by atoms with Crippen LogP contribution in [-0.4, -0.2) is 24.3 Å². The highest BCUT2D eigenvalue weighted by molar-refractivity contribution is 6.38. The van der Waals surface area contributed by atoms with Crippen LogP contribution >= 0.6 is 46.4 Å². The van der Waals surface area contributed by atoms with Crippen molar-refractivity contribution in [2.24, 2.45) is 0 Å². The molecule has 3 aromatic carbocycles. The van der Waals surface area contributed by atoms with Crippen LogP contribution in [0.25, 0.3) is 12.2 Å². The molecule has 3 rings (SSSR count). The Morgan fingerprint density at radius 1 is 0.711 bits per heavy atom. The quantitative estimate of drug-likeness (QED) is 0.185. The van der Waals surface area contributed by atoms with Crippen LogP contribution in [0.1, 0.15) is 21.5 Å². The van der Waals surface area contributed by atoms with Crippen LogP contribution < -0.4 is 16.4 Å². The maximum atomic E-state index is 13.5. The van der Waals surface area contributed by atoms with E-state index in [9.17, 15) is 53.5 Å². The number of carbonyl (C=O) groups is 2. The Morgan fingerprint density at radius 2 is 1.09 bits per heavy atom. The van der Waals surface area contributed by atoms with Crippen molar-refractivity contribution in [3.8, 4) is 0 Å². The van der Waals surface area contributed by atoms with E-state index in [1.54, 1.807) is 5.32 Å². The molecule has 242 valence electrons. The average Bonchev–Trinajstić information content (AvgIpc) is 2.87. The maximum Gasteiger partial charge on any atom is 0.442 e. The molecule has 0 unspecified atom stereocenters. The number of nitrogens with one attached hydrogen (secondary N) is 2. The van der Waals surface area contributed by atoms with Gasteiger partial charge in [0.2, 0.25) is 11.7 Å². The first-order valence-corrected chi connectivity index (χ1v) is 12.8. The Morgan fingerprint density at radius 3 is 1.47 bits per heavy atom. The predicted molar refractivity (Wildman–Crippen MR) is 150 cm³/mol. The molecule has 0 saturated carbocycles. The van der Waals surface area contributed by atoms with Crippen molar-refractivity contribution in [3.05, 3.63) is 103 Å². The first kappa shape index (κ1) is 37.5. The number of imide groups is 1. The number of amides is 3. The Balaban J connectivity index is 0.000000372. The molecule has 0 aliphatic carbocycles. The molecule has 0 aliphatic rings. The van der Waals surface area contributed by atoms with Gasteiger partial charge < -0.3 is 11.1 Å². The largest absolute Gasteiger partial charge is 0.442 e. The molecule has 0 fully saturated rings. The molecule has 0 aliphatic heterocycles. The lowest BCUT2D eigenvalue weighted by Gasteiger charge is -2.11. The highest BCUT2D eigenvalue weighted by Crippen LogP contribution is 2.36. The van der Waals surface area contributed by atoms with Crippen LogP contribution in [0, 0.1) is 11.6 Å². The number of anilines is 2. The molecule has 0 bridgehead atoms. The monoisotopic (exact) mass is 729 g/mol. The lowest BCUT2D eigenvalue weighted by molar-refractivity contribution is -0.108. The molecule has 19 heteroatoms. The Hall–Kier alpha value is -3.66. The van der Waals surface area contributed by atoms with E-state index >= 15 is 0 Å². The summed E-state index contributed by atoms with van der Waals surface area (Å²) in [4.78, 5) is 23.7. The van der Waals surface area contributed by atoms with Crippen molar-refractivity contribution in [1.29, 1.82) is 0 Å². The van der Waals surface area contributed by atoms with Crippen LogP contribution in [-0.2, 0) is 0 Å². The predicted octanol–water partition coefficient (Wildman–Crippen LogP) is 10.6. The zero-order chi connectivity index (χ0) is 34.4. The summed E-state index contributed by atoms with van der Waals surface area (Å²) in [5.74, 6) is -8.52. The molecule has 3 aromatic rings. The summed E-state index contributed by atoms with van der Waals surface area (Å²) < 4.78 is 125. The van der Waals surface area contributed by atoms with Gasteiger partial charge in [0.05, 0.1) is 20.1 Å². The van der Waals surface area contributed by atoms with Gasteiger partial charge in [0.1, 0.15) is 17.2 Å². The van der Waals surface area contributed by atoms with Crippen LogP contribution in [0.2, 0.25) is 20.1 Å². The smallest absolute Gasteiger partial charge is 0.399 e. The Bertz CT molecular complexity index is 1610. The van der Waals surface area contributed by atoms with Crippen LogP contribution in [0.5, 0.6) is 0 Å². The van der Waals surface area contributed by atoms with Crippen LogP contribution in [0.3, 0.4) is 0 Å². The molecule has 0 saturated heterocycles. The first-order valence-electron chi connectivity index (χ1n) is 11.3. The van der Waals surface area contributed by atoms with E-state index in [2.05, 4.69) is 5.32 Å². The fraction of sp³-hybridized carbons (Fsp3) is 0.0769. The van der Waals surface area contributed by atoms with Gasteiger partial charge in [-0.25, -0.2) is 22.4 Å². The highest BCUT2D eigenvalue weighted by Gasteiger charge is 2.35. The lowest BCUT2D eigenvalue weighted by atomic mass is 10.1. The Kier molecular flexibility index (Phi) is 12.6. The van der Waals surface area contributed by atoms with Gasteiger partial charge in [-0.3, -0.25) is 10.1 Å². The van der Waals surface area contributed by atoms with Crippen molar-refractivity contribution in [2.75, 3.05) is 11.1 Å². The van der Waals surface area contributed by atoms with E-state index in [0.29, 0.717) is 0 Å². The van der Waals surface area contributed by atoms with Crippen molar-refractivity contribution >= 4 is 81.9 Å². The minimum atomic E-state index is -5.24. The van der Waals surface area contributed by atoms with Gasteiger partial charge in [-0.1, -0.05) is 52.5 Å².